The minimum Gasteiger partial charge on any atom is -0.459 e. The molecule has 1 heterocycles. The van der Waals surface area contributed by atoms with E-state index in [2.05, 4.69) is 5.32 Å². The fourth-order valence-electron chi connectivity index (χ4n) is 3.26. The van der Waals surface area contributed by atoms with Gasteiger partial charge >= 0.3 is 0 Å². The summed E-state index contributed by atoms with van der Waals surface area (Å²) in [4.78, 5) is 14.4. The van der Waals surface area contributed by atoms with Gasteiger partial charge in [0.1, 0.15) is 11.5 Å². The molecular formula is C23H25ClN2O3. The zero-order valence-electron chi connectivity index (χ0n) is 16.3. The van der Waals surface area contributed by atoms with Crippen molar-refractivity contribution in [3.05, 3.63) is 83.1 Å². The van der Waals surface area contributed by atoms with Crippen LogP contribution < -0.4 is 5.32 Å². The lowest BCUT2D eigenvalue weighted by Crippen LogP contribution is -2.37. The second-order valence-corrected chi connectivity index (χ2v) is 7.34. The topological polar surface area (TPSA) is 65.7 Å². The molecule has 0 spiro atoms. The average Bonchev–Trinajstić information content (AvgIpc) is 3.20. The Kier molecular flexibility index (Phi) is 7.47. The Labute approximate surface area is 175 Å². The summed E-state index contributed by atoms with van der Waals surface area (Å²) in [6.45, 7) is 0.603. The van der Waals surface area contributed by atoms with E-state index in [1.165, 1.54) is 0 Å². The number of rotatable bonds is 9. The number of amides is 1. The standard InChI is InChI=1S/C23H25ClN2O3/c1-26(21(13-14-27)17-5-3-2-4-6-17)16-23(28)25-15-20-11-12-22(29-20)18-7-9-19(24)10-8-18/h2-12,21,27H,13-16H2,1H3,(H,25,28)/t21-/m0/s1. The van der Waals surface area contributed by atoms with Gasteiger partial charge < -0.3 is 14.8 Å². The average molecular weight is 413 g/mol. The number of benzene rings is 2. The van der Waals surface area contributed by atoms with Gasteiger partial charge in [-0.2, -0.15) is 0 Å². The Balaban J connectivity index is 1.54. The van der Waals surface area contributed by atoms with E-state index in [4.69, 9.17) is 16.0 Å². The van der Waals surface area contributed by atoms with Crippen molar-refractivity contribution >= 4 is 17.5 Å². The third-order valence-corrected chi connectivity index (χ3v) is 5.01. The Morgan fingerprint density at radius 3 is 2.52 bits per heavy atom. The summed E-state index contributed by atoms with van der Waals surface area (Å²) in [7, 11) is 1.89. The molecule has 0 aliphatic carbocycles. The van der Waals surface area contributed by atoms with E-state index in [1.54, 1.807) is 0 Å². The van der Waals surface area contributed by atoms with Crippen molar-refractivity contribution < 1.29 is 14.3 Å². The van der Waals surface area contributed by atoms with E-state index in [1.807, 2.05) is 78.7 Å². The maximum Gasteiger partial charge on any atom is 0.234 e. The smallest absolute Gasteiger partial charge is 0.234 e. The number of halogens is 1. The monoisotopic (exact) mass is 412 g/mol. The second-order valence-electron chi connectivity index (χ2n) is 6.90. The van der Waals surface area contributed by atoms with Gasteiger partial charge in [0.25, 0.3) is 0 Å². The maximum atomic E-state index is 12.4. The molecule has 0 saturated heterocycles. The molecule has 5 nitrogen and oxygen atoms in total. The van der Waals surface area contributed by atoms with Crippen LogP contribution >= 0.6 is 11.6 Å². The van der Waals surface area contributed by atoms with Crippen LogP contribution in [0.1, 0.15) is 23.8 Å². The summed E-state index contributed by atoms with van der Waals surface area (Å²) < 4.78 is 5.82. The van der Waals surface area contributed by atoms with Gasteiger partial charge in [-0.3, -0.25) is 9.69 Å². The van der Waals surface area contributed by atoms with Crippen molar-refractivity contribution in [1.29, 1.82) is 0 Å². The molecule has 0 aliphatic heterocycles. The summed E-state index contributed by atoms with van der Waals surface area (Å²) in [5.74, 6) is 1.31. The molecule has 0 fully saturated rings. The fraction of sp³-hybridized carbons (Fsp3) is 0.261. The van der Waals surface area contributed by atoms with E-state index in [0.717, 1.165) is 16.9 Å². The van der Waals surface area contributed by atoms with Gasteiger partial charge in [-0.25, -0.2) is 0 Å². The van der Waals surface area contributed by atoms with Gasteiger partial charge in [0, 0.05) is 23.2 Å². The Morgan fingerprint density at radius 1 is 1.10 bits per heavy atom. The van der Waals surface area contributed by atoms with Crippen molar-refractivity contribution in [3.8, 4) is 11.3 Å². The van der Waals surface area contributed by atoms with E-state index >= 15 is 0 Å². The van der Waals surface area contributed by atoms with Crippen molar-refractivity contribution in [2.45, 2.75) is 19.0 Å². The minimum atomic E-state index is -0.101. The first kappa shape index (κ1) is 21.1. The van der Waals surface area contributed by atoms with Gasteiger partial charge in [0.05, 0.1) is 13.1 Å². The number of likely N-dealkylation sites (N-methyl/N-ethyl adjacent to an activating group) is 1. The molecule has 3 aromatic rings. The van der Waals surface area contributed by atoms with Crippen LogP contribution in [0.25, 0.3) is 11.3 Å². The molecular weight excluding hydrogens is 388 g/mol. The predicted octanol–water partition coefficient (Wildman–Crippen LogP) is 4.27. The van der Waals surface area contributed by atoms with E-state index < -0.39 is 0 Å². The number of aliphatic hydroxyl groups is 1. The number of carbonyl (C=O) groups excluding carboxylic acids is 1. The highest BCUT2D eigenvalue weighted by molar-refractivity contribution is 6.30. The van der Waals surface area contributed by atoms with Gasteiger partial charge in [-0.1, -0.05) is 41.9 Å². The Morgan fingerprint density at radius 2 is 1.83 bits per heavy atom. The highest BCUT2D eigenvalue weighted by Crippen LogP contribution is 2.24. The summed E-state index contributed by atoms with van der Waals surface area (Å²) in [6, 6.07) is 21.0. The quantitative estimate of drug-likeness (QED) is 0.550. The molecule has 1 atom stereocenters. The fourth-order valence-corrected chi connectivity index (χ4v) is 3.39. The molecule has 1 amide bonds. The first-order chi connectivity index (χ1) is 14.1. The summed E-state index contributed by atoms with van der Waals surface area (Å²) in [5, 5.41) is 13.0. The van der Waals surface area contributed by atoms with Crippen LogP contribution in [0.4, 0.5) is 0 Å². The van der Waals surface area contributed by atoms with Crippen LogP contribution in [0, 0.1) is 0 Å². The van der Waals surface area contributed by atoms with Crippen LogP contribution in [0.15, 0.2) is 71.1 Å². The predicted molar refractivity (Wildman–Crippen MR) is 115 cm³/mol. The molecule has 0 bridgehead atoms. The lowest BCUT2D eigenvalue weighted by atomic mass is 10.0. The molecule has 0 radical (unpaired) electrons. The first-order valence-corrected chi connectivity index (χ1v) is 9.92. The molecule has 0 unspecified atom stereocenters. The molecule has 1 aromatic heterocycles. The SMILES string of the molecule is CN(CC(=O)NCc1ccc(-c2ccc(Cl)cc2)o1)[C@@H](CCO)c1ccccc1. The van der Waals surface area contributed by atoms with Gasteiger partial charge in [0.15, 0.2) is 0 Å². The van der Waals surface area contributed by atoms with Gasteiger partial charge in [-0.05, 0) is 55.4 Å². The first-order valence-electron chi connectivity index (χ1n) is 9.54. The number of hydrogen-bond acceptors (Lipinski definition) is 4. The lowest BCUT2D eigenvalue weighted by Gasteiger charge is -2.27. The highest BCUT2D eigenvalue weighted by atomic mass is 35.5. The molecule has 0 aliphatic rings. The Bertz CT molecular complexity index is 909. The third-order valence-electron chi connectivity index (χ3n) is 4.76. The number of furan rings is 1. The molecule has 0 saturated carbocycles. The summed E-state index contributed by atoms with van der Waals surface area (Å²) in [6.07, 6.45) is 0.566. The summed E-state index contributed by atoms with van der Waals surface area (Å²) >= 11 is 5.92. The minimum absolute atomic E-state index is 0.0212. The molecule has 2 aromatic carbocycles. The maximum absolute atomic E-state index is 12.4. The number of nitrogens with one attached hydrogen (secondary N) is 1. The van der Waals surface area contributed by atoms with Crippen LogP contribution in [0.3, 0.4) is 0 Å². The van der Waals surface area contributed by atoms with E-state index in [-0.39, 0.29) is 25.1 Å². The van der Waals surface area contributed by atoms with Crippen LogP contribution in [-0.2, 0) is 11.3 Å². The van der Waals surface area contributed by atoms with Crippen molar-refractivity contribution in [3.63, 3.8) is 0 Å². The van der Waals surface area contributed by atoms with Crippen molar-refractivity contribution in [2.24, 2.45) is 0 Å². The van der Waals surface area contributed by atoms with Crippen LogP contribution in [0.5, 0.6) is 0 Å². The molecule has 152 valence electrons. The molecule has 29 heavy (non-hydrogen) atoms. The number of aliphatic hydroxyl groups excluding tert-OH is 1. The highest BCUT2D eigenvalue weighted by Gasteiger charge is 2.19. The molecule has 3 rings (SSSR count). The van der Waals surface area contributed by atoms with Crippen molar-refractivity contribution in [1.82, 2.24) is 10.2 Å². The number of carbonyl (C=O) groups is 1. The van der Waals surface area contributed by atoms with Gasteiger partial charge in [0.2, 0.25) is 5.91 Å². The summed E-state index contributed by atoms with van der Waals surface area (Å²) in [5.41, 5.74) is 2.01. The number of nitrogens with zero attached hydrogens (tertiary/aromatic N) is 1. The Hall–Kier alpha value is -2.60. The normalized spacial score (nSPS) is 12.1. The molecule has 2 N–H and O–H groups in total. The molecule has 6 heteroatoms. The second kappa shape index (κ2) is 10.3. The largest absolute Gasteiger partial charge is 0.459 e. The third kappa shape index (κ3) is 5.94. The van der Waals surface area contributed by atoms with E-state index in [9.17, 15) is 9.90 Å². The number of hydrogen-bond donors (Lipinski definition) is 2. The van der Waals surface area contributed by atoms with Crippen LogP contribution in [0.2, 0.25) is 5.02 Å². The lowest BCUT2D eigenvalue weighted by molar-refractivity contribution is -0.122. The van der Waals surface area contributed by atoms with Crippen LogP contribution in [-0.4, -0.2) is 36.1 Å². The van der Waals surface area contributed by atoms with Crippen molar-refractivity contribution in [2.75, 3.05) is 20.2 Å². The zero-order chi connectivity index (χ0) is 20.6. The zero-order valence-corrected chi connectivity index (χ0v) is 17.1. The van der Waals surface area contributed by atoms with E-state index in [0.29, 0.717) is 23.7 Å². The van der Waals surface area contributed by atoms with Gasteiger partial charge in [-0.15, -0.1) is 0 Å².